The third kappa shape index (κ3) is 2.03. The van der Waals surface area contributed by atoms with Crippen LogP contribution in [0, 0.1) is 17.3 Å². The van der Waals surface area contributed by atoms with Gasteiger partial charge in [-0.25, -0.2) is 0 Å². The van der Waals surface area contributed by atoms with E-state index in [0.717, 1.165) is 18.1 Å². The maximum Gasteiger partial charge on any atom is 0.119 e. The average molecular weight is 300 g/mol. The Morgan fingerprint density at radius 1 is 1.18 bits per heavy atom. The van der Waals surface area contributed by atoms with Crippen molar-refractivity contribution in [1.82, 2.24) is 0 Å². The molecule has 2 fully saturated rings. The number of aliphatic hydroxyl groups is 1. The molecule has 4 rings (SSSR count). The van der Waals surface area contributed by atoms with Crippen LogP contribution in [0.25, 0.3) is 0 Å². The van der Waals surface area contributed by atoms with E-state index in [0.29, 0.717) is 11.8 Å². The van der Waals surface area contributed by atoms with Crippen molar-refractivity contribution in [2.24, 2.45) is 17.3 Å². The molecule has 3 aliphatic carbocycles. The van der Waals surface area contributed by atoms with Crippen LogP contribution >= 0.6 is 0 Å². The first-order valence-electron chi connectivity index (χ1n) is 8.98. The predicted octanol–water partition coefficient (Wildman–Crippen LogP) is 4.30. The summed E-state index contributed by atoms with van der Waals surface area (Å²) in [6.07, 6.45) is 8.35. The second-order valence-electron chi connectivity index (χ2n) is 7.97. The Kier molecular flexibility index (Phi) is 3.48. The molecule has 0 bridgehead atoms. The quantitative estimate of drug-likeness (QED) is 0.838. The van der Waals surface area contributed by atoms with E-state index < -0.39 is 0 Å². The number of benzene rings is 1. The summed E-state index contributed by atoms with van der Waals surface area (Å²) >= 11 is 0. The zero-order chi connectivity index (χ0) is 15.3. The molecule has 0 aliphatic heterocycles. The molecule has 2 saturated carbocycles. The fourth-order valence-corrected chi connectivity index (χ4v) is 5.84. The van der Waals surface area contributed by atoms with E-state index in [-0.39, 0.29) is 11.5 Å². The number of ether oxygens (including phenoxy) is 1. The number of rotatable bonds is 1. The minimum absolute atomic E-state index is 0.0843. The summed E-state index contributed by atoms with van der Waals surface area (Å²) in [6.45, 7) is 2.36. The Morgan fingerprint density at radius 3 is 2.86 bits per heavy atom. The monoisotopic (exact) mass is 300 g/mol. The molecule has 1 aromatic carbocycles. The highest BCUT2D eigenvalue weighted by Crippen LogP contribution is 2.59. The Bertz CT molecular complexity index is 567. The molecule has 22 heavy (non-hydrogen) atoms. The van der Waals surface area contributed by atoms with Gasteiger partial charge in [0.15, 0.2) is 0 Å². The topological polar surface area (TPSA) is 29.5 Å². The molecule has 2 nitrogen and oxygen atoms in total. The van der Waals surface area contributed by atoms with Gasteiger partial charge in [-0.3, -0.25) is 0 Å². The zero-order valence-electron chi connectivity index (χ0n) is 13.8. The van der Waals surface area contributed by atoms with E-state index in [4.69, 9.17) is 4.74 Å². The third-order valence-electron chi connectivity index (χ3n) is 7.13. The van der Waals surface area contributed by atoms with Crippen molar-refractivity contribution < 1.29 is 9.84 Å². The van der Waals surface area contributed by atoms with Crippen molar-refractivity contribution in [2.75, 3.05) is 7.11 Å². The lowest BCUT2D eigenvalue weighted by Crippen LogP contribution is -2.51. The summed E-state index contributed by atoms with van der Waals surface area (Å²) in [4.78, 5) is 0. The van der Waals surface area contributed by atoms with Gasteiger partial charge in [0.1, 0.15) is 5.75 Å². The number of aryl methyl sites for hydroxylation is 1. The maximum atomic E-state index is 10.6. The Hall–Kier alpha value is -1.02. The van der Waals surface area contributed by atoms with Crippen LogP contribution in [0.5, 0.6) is 5.75 Å². The van der Waals surface area contributed by atoms with Gasteiger partial charge in [-0.1, -0.05) is 19.4 Å². The molecular weight excluding hydrogens is 272 g/mol. The smallest absolute Gasteiger partial charge is 0.119 e. The molecule has 1 unspecified atom stereocenters. The van der Waals surface area contributed by atoms with Gasteiger partial charge < -0.3 is 9.84 Å². The molecule has 5 atom stereocenters. The highest BCUT2D eigenvalue weighted by molar-refractivity contribution is 5.40. The van der Waals surface area contributed by atoms with Crippen LogP contribution in [0.2, 0.25) is 0 Å². The lowest BCUT2D eigenvalue weighted by atomic mass is 9.50. The van der Waals surface area contributed by atoms with Crippen LogP contribution in [-0.4, -0.2) is 18.3 Å². The van der Waals surface area contributed by atoms with Crippen molar-refractivity contribution in [3.05, 3.63) is 29.3 Å². The van der Waals surface area contributed by atoms with Crippen LogP contribution in [0.3, 0.4) is 0 Å². The molecule has 1 aromatic rings. The number of hydrogen-bond acceptors (Lipinski definition) is 2. The second kappa shape index (κ2) is 5.26. The van der Waals surface area contributed by atoms with Gasteiger partial charge in [-0.15, -0.1) is 0 Å². The highest BCUT2D eigenvalue weighted by atomic mass is 16.5. The second-order valence-corrected chi connectivity index (χ2v) is 7.97. The summed E-state index contributed by atoms with van der Waals surface area (Å²) in [5.41, 5.74) is 3.23. The molecule has 1 N–H and O–H groups in total. The molecule has 120 valence electrons. The van der Waals surface area contributed by atoms with Gasteiger partial charge in [0.25, 0.3) is 0 Å². The summed E-state index contributed by atoms with van der Waals surface area (Å²) in [5, 5.41) is 10.6. The molecule has 0 heterocycles. The molecular formula is C20H28O2. The summed E-state index contributed by atoms with van der Waals surface area (Å²) in [7, 11) is 1.76. The first kappa shape index (κ1) is 14.6. The normalized spacial score (nSPS) is 40.3. The minimum Gasteiger partial charge on any atom is -0.497 e. The SMILES string of the molecule is COc1ccc2c(c1)[C@H]1CC[C@]3(C)C(O)CCC[C@H]3[C@@H]1CC2. The molecule has 0 amide bonds. The fraction of sp³-hybridized carbons (Fsp3) is 0.700. The van der Waals surface area contributed by atoms with E-state index in [2.05, 4.69) is 25.1 Å². The van der Waals surface area contributed by atoms with Gasteiger partial charge in [0.2, 0.25) is 0 Å². The van der Waals surface area contributed by atoms with Crippen LogP contribution < -0.4 is 4.74 Å². The standard InChI is InChI=1S/C20H28O2/c1-20-11-10-15-16(18(20)4-3-5-19(20)21)9-7-13-6-8-14(22-2)12-17(13)15/h6,8,12,15-16,18-19,21H,3-5,7,9-11H2,1-2H3/t15-,16+,18-,19?,20-/m0/s1. The van der Waals surface area contributed by atoms with Gasteiger partial charge in [0.05, 0.1) is 13.2 Å². The van der Waals surface area contributed by atoms with E-state index in [1.807, 2.05) is 0 Å². The molecule has 0 aromatic heterocycles. The predicted molar refractivity (Wildman–Crippen MR) is 88.2 cm³/mol. The van der Waals surface area contributed by atoms with Gasteiger partial charge in [-0.05, 0) is 85.0 Å². The van der Waals surface area contributed by atoms with E-state index in [1.54, 1.807) is 7.11 Å². The van der Waals surface area contributed by atoms with Crippen molar-refractivity contribution in [3.8, 4) is 5.75 Å². The first-order valence-corrected chi connectivity index (χ1v) is 8.98. The lowest BCUT2D eigenvalue weighted by Gasteiger charge is -2.56. The molecule has 2 heteroatoms. The third-order valence-corrected chi connectivity index (χ3v) is 7.13. The lowest BCUT2D eigenvalue weighted by molar-refractivity contribution is -0.0976. The molecule has 3 aliphatic rings. The number of hydrogen-bond donors (Lipinski definition) is 1. The summed E-state index contributed by atoms with van der Waals surface area (Å²) < 4.78 is 5.46. The zero-order valence-corrected chi connectivity index (χ0v) is 13.8. The van der Waals surface area contributed by atoms with Gasteiger partial charge in [-0.2, -0.15) is 0 Å². The van der Waals surface area contributed by atoms with Crippen LogP contribution in [0.4, 0.5) is 0 Å². The fourth-order valence-electron chi connectivity index (χ4n) is 5.84. The van der Waals surface area contributed by atoms with Gasteiger partial charge in [0, 0.05) is 0 Å². The highest BCUT2D eigenvalue weighted by Gasteiger charge is 2.52. The van der Waals surface area contributed by atoms with Crippen LogP contribution in [-0.2, 0) is 6.42 Å². The van der Waals surface area contributed by atoms with E-state index in [1.165, 1.54) is 49.7 Å². The summed E-state index contributed by atoms with van der Waals surface area (Å²) in [5.74, 6) is 3.14. The van der Waals surface area contributed by atoms with E-state index >= 15 is 0 Å². The summed E-state index contributed by atoms with van der Waals surface area (Å²) in [6, 6.07) is 6.67. The largest absolute Gasteiger partial charge is 0.497 e. The van der Waals surface area contributed by atoms with Crippen molar-refractivity contribution in [1.29, 1.82) is 0 Å². The molecule has 0 radical (unpaired) electrons. The number of methoxy groups -OCH3 is 1. The van der Waals surface area contributed by atoms with Crippen molar-refractivity contribution >= 4 is 0 Å². The Morgan fingerprint density at radius 2 is 2.05 bits per heavy atom. The molecule has 0 spiro atoms. The first-order chi connectivity index (χ1) is 10.6. The van der Waals surface area contributed by atoms with Gasteiger partial charge >= 0.3 is 0 Å². The van der Waals surface area contributed by atoms with Crippen molar-refractivity contribution in [3.63, 3.8) is 0 Å². The van der Waals surface area contributed by atoms with E-state index in [9.17, 15) is 5.11 Å². The Labute approximate surface area is 133 Å². The Balaban J connectivity index is 1.70. The van der Waals surface area contributed by atoms with Crippen molar-refractivity contribution in [2.45, 2.75) is 63.9 Å². The maximum absolute atomic E-state index is 10.6. The average Bonchev–Trinajstić information content (AvgIpc) is 2.55. The van der Waals surface area contributed by atoms with Crippen LogP contribution in [0.15, 0.2) is 18.2 Å². The van der Waals surface area contributed by atoms with Crippen LogP contribution in [0.1, 0.15) is 62.5 Å². The molecule has 0 saturated heterocycles. The number of aliphatic hydroxyl groups excluding tert-OH is 1. The number of fused-ring (bicyclic) bond motifs is 5. The minimum atomic E-state index is -0.0843.